The number of aliphatic hydroxyl groups excluding tert-OH is 1. The maximum atomic E-state index is 14.9. The number of aliphatic hydroxyl groups is 1. The summed E-state index contributed by atoms with van der Waals surface area (Å²) in [7, 11) is 1.30. The first-order valence-corrected chi connectivity index (χ1v) is 12.4. The number of benzene rings is 1. The topological polar surface area (TPSA) is 146 Å². The third-order valence-corrected chi connectivity index (χ3v) is 6.93. The van der Waals surface area contributed by atoms with Crippen LogP contribution in [0.25, 0.3) is 16.7 Å². The number of nitrogens with zero attached hydrogens (tertiary/aromatic N) is 2. The van der Waals surface area contributed by atoms with Gasteiger partial charge in [-0.1, -0.05) is 11.6 Å². The van der Waals surface area contributed by atoms with Gasteiger partial charge in [-0.15, -0.1) is 0 Å². The van der Waals surface area contributed by atoms with Crippen LogP contribution >= 0.6 is 11.6 Å². The van der Waals surface area contributed by atoms with E-state index in [1.807, 2.05) is 0 Å². The number of rotatable bonds is 8. The van der Waals surface area contributed by atoms with Crippen LogP contribution in [0.3, 0.4) is 0 Å². The largest absolute Gasteiger partial charge is 1.00 e. The van der Waals surface area contributed by atoms with Crippen molar-refractivity contribution in [3.63, 3.8) is 0 Å². The molecular weight excluding hydrogens is 591 g/mol. The number of ether oxygens (including phenoxy) is 2. The first-order chi connectivity index (χ1) is 19.8. The number of nitrogens with two attached hydrogens (primary N) is 1. The van der Waals surface area contributed by atoms with Crippen molar-refractivity contribution >= 4 is 29.1 Å². The third kappa shape index (κ3) is 7.30. The summed E-state index contributed by atoms with van der Waals surface area (Å²) < 4.78 is 58.5. The van der Waals surface area contributed by atoms with Crippen LogP contribution in [0, 0.1) is 25.1 Å². The molecule has 2 aromatic rings. The minimum atomic E-state index is -1.31. The van der Waals surface area contributed by atoms with Crippen molar-refractivity contribution in [1.29, 1.82) is 0 Å². The van der Waals surface area contributed by atoms with E-state index in [0.717, 1.165) is 6.07 Å². The Morgan fingerprint density at radius 2 is 1.95 bits per heavy atom. The number of hydrogen-bond donors (Lipinski definition) is 3. The van der Waals surface area contributed by atoms with Gasteiger partial charge in [-0.05, 0) is 37.6 Å². The van der Waals surface area contributed by atoms with Crippen LogP contribution < -0.4 is 34.6 Å². The maximum absolute atomic E-state index is 14.9. The molecule has 0 unspecified atom stereocenters. The van der Waals surface area contributed by atoms with Gasteiger partial charge >= 0.3 is 18.9 Å². The number of nitrogens with one attached hydrogen (secondary N) is 1. The average molecular weight is 615 g/mol. The van der Waals surface area contributed by atoms with E-state index in [1.54, 1.807) is 6.92 Å². The zero-order chi connectivity index (χ0) is 31.4. The molecule has 2 aliphatic rings. The monoisotopic (exact) mass is 614 g/mol. The van der Waals surface area contributed by atoms with Gasteiger partial charge in [0.25, 0.3) is 0 Å². The molecule has 1 aliphatic heterocycles. The number of carbonyl (C=O) groups is 2. The number of allylic oxidation sites excluding steroid dienone is 2. The van der Waals surface area contributed by atoms with Crippen molar-refractivity contribution < 1.29 is 60.6 Å². The summed E-state index contributed by atoms with van der Waals surface area (Å²) in [5.41, 5.74) is 4.22. The minimum absolute atomic E-state index is 0. The fraction of sp³-hybridized carbons (Fsp3) is 0.250. The molecule has 0 saturated carbocycles. The van der Waals surface area contributed by atoms with Gasteiger partial charge in [-0.3, -0.25) is 9.59 Å². The van der Waals surface area contributed by atoms with Gasteiger partial charge in [0, 0.05) is 41.1 Å². The van der Waals surface area contributed by atoms with Crippen LogP contribution in [0.2, 0.25) is 5.02 Å². The maximum Gasteiger partial charge on any atom is 1.00 e. The zero-order valence-electron chi connectivity index (χ0n) is 23.2. The van der Waals surface area contributed by atoms with Crippen LogP contribution in [-0.2, 0) is 19.7 Å². The molecule has 2 amide bonds. The molecule has 1 aromatic carbocycles. The quantitative estimate of drug-likeness (QED) is 0.174. The molecule has 0 saturated heterocycles. The van der Waals surface area contributed by atoms with E-state index in [4.69, 9.17) is 33.4 Å². The van der Waals surface area contributed by atoms with Gasteiger partial charge in [-0.2, -0.15) is 6.08 Å². The van der Waals surface area contributed by atoms with Crippen molar-refractivity contribution in [2.45, 2.75) is 18.3 Å². The van der Waals surface area contributed by atoms with Gasteiger partial charge < -0.3 is 39.8 Å². The van der Waals surface area contributed by atoms with Crippen molar-refractivity contribution in [2.75, 3.05) is 26.9 Å². The Morgan fingerprint density at radius 3 is 2.53 bits per heavy atom. The molecule has 0 fully saturated rings. The fourth-order valence-corrected chi connectivity index (χ4v) is 4.36. The number of pyridine rings is 1. The van der Waals surface area contributed by atoms with E-state index < -0.39 is 48.3 Å². The van der Waals surface area contributed by atoms with E-state index in [2.05, 4.69) is 10.3 Å². The summed E-state index contributed by atoms with van der Waals surface area (Å²) in [5.74, 6) is -4.05. The minimum Gasteiger partial charge on any atom is -0.869 e. The van der Waals surface area contributed by atoms with Crippen LogP contribution in [-0.4, -0.2) is 54.5 Å². The molecule has 1 aliphatic carbocycles. The zero-order valence-corrected chi connectivity index (χ0v) is 23.9. The molecule has 15 heteroatoms. The number of methoxy groups -OCH3 is 1. The molecule has 2 heterocycles. The number of carbonyl (C=O) groups excluding carboxylic acids is 2. The summed E-state index contributed by atoms with van der Waals surface area (Å²) in [4.78, 5) is 29.6. The second-order valence-electron chi connectivity index (χ2n) is 9.29. The number of primary amides is 1. The summed E-state index contributed by atoms with van der Waals surface area (Å²) in [6.45, 7) is 5.47. The predicted octanol–water partition coefficient (Wildman–Crippen LogP) is 0.896. The number of amides is 2. The van der Waals surface area contributed by atoms with Gasteiger partial charge in [0.05, 0.1) is 18.7 Å². The first kappa shape index (κ1) is 35.6. The Labute approximate surface area is 261 Å². The number of hydrogen-bond acceptors (Lipinski definition) is 6. The van der Waals surface area contributed by atoms with E-state index in [0.29, 0.717) is 6.07 Å². The first-order valence-electron chi connectivity index (χ1n) is 12.0. The summed E-state index contributed by atoms with van der Waals surface area (Å²) in [6, 6.07) is 3.14. The molecule has 2 atom stereocenters. The van der Waals surface area contributed by atoms with Gasteiger partial charge in [-0.25, -0.2) is 31.6 Å². The van der Waals surface area contributed by atoms with Crippen LogP contribution in [0.4, 0.5) is 17.6 Å². The molecule has 0 spiro atoms. The summed E-state index contributed by atoms with van der Waals surface area (Å²) in [5, 5.41) is 22.4. The molecular formula is C28H24ClF4LiN4O5-2. The summed E-state index contributed by atoms with van der Waals surface area (Å²) in [6.07, 6.45) is 2.54. The number of fused-ring (bicyclic) bond motifs is 1. The third-order valence-electron chi connectivity index (χ3n) is 6.64. The molecule has 9 nitrogen and oxygen atoms in total. The smallest absolute Gasteiger partial charge is 0.869 e. The Kier molecular flexibility index (Phi) is 12.2. The van der Waals surface area contributed by atoms with Gasteiger partial charge in [0.1, 0.15) is 35.1 Å². The molecule has 1 aromatic heterocycles. The van der Waals surface area contributed by atoms with Crippen LogP contribution in [0.5, 0.6) is 5.75 Å². The normalized spacial score (nSPS) is 17.7. The Hall–Kier alpha value is -3.63. The van der Waals surface area contributed by atoms with E-state index in [-0.39, 0.29) is 87.9 Å². The number of halogens is 5. The summed E-state index contributed by atoms with van der Waals surface area (Å²) >= 11 is 5.90. The molecule has 224 valence electrons. The van der Waals surface area contributed by atoms with Crippen molar-refractivity contribution in [1.82, 2.24) is 10.3 Å². The number of aromatic nitrogens is 1. The predicted molar refractivity (Wildman–Crippen MR) is 145 cm³/mol. The Balaban J connectivity index is 0.00000155. The van der Waals surface area contributed by atoms with E-state index in [1.165, 1.54) is 25.3 Å². The SMILES string of the molecule is F[CH-]F.[CH-]=C1C=C(C(=O)NC[C@@H](CO)c2cc3c(c(-c4cc(Cl)c(F)cc4F)n2)OC[C@]3(C)C(N)=O)C=C(OC)C1=[N-].[Li+]. The molecule has 43 heavy (non-hydrogen) atoms. The van der Waals surface area contributed by atoms with E-state index >= 15 is 0 Å². The van der Waals surface area contributed by atoms with Gasteiger partial charge in [0.2, 0.25) is 11.8 Å². The molecule has 0 radical (unpaired) electrons. The fourth-order valence-electron chi connectivity index (χ4n) is 4.20. The molecule has 0 bridgehead atoms. The standard InChI is InChI=1S/C27H23ClF2N4O5.CHF2.Li/c1-12-4-13(5-21(38-3)22(12)31)25(36)33-9-14(10-35)20-7-16-24(39-11-27(16,2)26(32)37)23(34-20)15-6-17(28)19(30)8-18(15)29;2-1-3;/h1,4-8,14,35H,9-11H2,2-3H3,(H2,32,37)(H,33,36);1H;/q-2;-1;+1/t14-,27-;;/m0../s1. The van der Waals surface area contributed by atoms with Crippen molar-refractivity contribution in [3.8, 4) is 17.0 Å². The van der Waals surface area contributed by atoms with E-state index in [9.17, 15) is 37.7 Å². The molecule has 4 rings (SSSR count). The second kappa shape index (κ2) is 14.7. The second-order valence-corrected chi connectivity index (χ2v) is 9.70. The molecule has 4 N–H and O–H groups in total. The van der Waals surface area contributed by atoms with Crippen LogP contribution in [0.1, 0.15) is 24.1 Å². The van der Waals surface area contributed by atoms with Crippen LogP contribution in [0.15, 0.2) is 47.3 Å². The Morgan fingerprint density at radius 1 is 1.30 bits per heavy atom. The Bertz CT molecular complexity index is 1520. The van der Waals surface area contributed by atoms with Crippen molar-refractivity contribution in [2.24, 2.45) is 5.73 Å². The van der Waals surface area contributed by atoms with Gasteiger partial charge in [0.15, 0.2) is 0 Å². The average Bonchev–Trinajstić information content (AvgIpc) is 3.30. The van der Waals surface area contributed by atoms with Crippen molar-refractivity contribution in [3.05, 3.63) is 94.1 Å².